The van der Waals surface area contributed by atoms with E-state index in [1.165, 1.54) is 0 Å². The number of hydrogen-bond donors (Lipinski definition) is 20. The lowest BCUT2D eigenvalue weighted by molar-refractivity contribution is -0.133. The molecule has 0 saturated heterocycles. The van der Waals surface area contributed by atoms with Crippen LogP contribution in [-0.2, 0) is 109 Å². The van der Waals surface area contributed by atoms with Gasteiger partial charge >= 0.3 is 0 Å². The van der Waals surface area contributed by atoms with Crippen molar-refractivity contribution < 1.29 is 57.5 Å². The smallest absolute Gasteiger partial charge is 0.244 e. The van der Waals surface area contributed by atoms with Gasteiger partial charge in [0.1, 0.15) is 48.8 Å². The molecule has 0 bridgehead atoms. The lowest BCUT2D eigenvalue weighted by Gasteiger charge is -2.28. The first-order valence-electron chi connectivity index (χ1n) is 50.0. The summed E-state index contributed by atoms with van der Waals surface area (Å²) in [4.78, 5) is 168. The number of carbonyl (C=O) groups is 12. The third kappa shape index (κ3) is 30.1. The first-order valence-corrected chi connectivity index (χ1v) is 52.6. The summed E-state index contributed by atoms with van der Waals surface area (Å²) < 4.78 is 3.31. The molecular formula is C115H136N20O12S3. The van der Waals surface area contributed by atoms with Crippen LogP contribution in [0.2, 0.25) is 0 Å². The summed E-state index contributed by atoms with van der Waals surface area (Å²) in [5, 5.41) is 50.0. The zero-order valence-corrected chi connectivity index (χ0v) is 89.3. The fourth-order valence-electron chi connectivity index (χ4n) is 17.0. The van der Waals surface area contributed by atoms with E-state index in [0.29, 0.717) is 38.5 Å². The Morgan fingerprint density at radius 1 is 0.287 bits per heavy atom. The molecule has 7 aromatic heterocycles. The van der Waals surface area contributed by atoms with Gasteiger partial charge in [-0.3, -0.25) is 57.5 Å². The van der Waals surface area contributed by atoms with Crippen LogP contribution < -0.4 is 86.7 Å². The number of H-pyrrole nitrogens is 4. The summed E-state index contributed by atoms with van der Waals surface area (Å²) in [5.41, 5.74) is 30.3. The molecule has 150 heavy (non-hydrogen) atoms. The number of aromatic nitrogens is 4. The van der Waals surface area contributed by atoms with Gasteiger partial charge in [-0.15, -0.1) is 34.0 Å². The Bertz CT molecular complexity index is 7490. The molecule has 16 aromatic rings. The zero-order chi connectivity index (χ0) is 108. The van der Waals surface area contributed by atoms with Crippen molar-refractivity contribution in [1.29, 1.82) is 0 Å². The Morgan fingerprint density at radius 3 is 0.867 bits per heavy atom. The van der Waals surface area contributed by atoms with Crippen LogP contribution in [0.15, 0.2) is 253 Å². The van der Waals surface area contributed by atoms with Crippen molar-refractivity contribution in [3.8, 4) is 0 Å². The van der Waals surface area contributed by atoms with Gasteiger partial charge in [-0.1, -0.05) is 211 Å². The molecule has 0 radical (unpaired) electrons. The van der Waals surface area contributed by atoms with Crippen molar-refractivity contribution >= 4 is 190 Å². The number of benzene rings is 9. The molecule has 8 atom stereocenters. The average Bonchev–Trinajstić information content (AvgIpc) is 1.80. The van der Waals surface area contributed by atoms with Crippen LogP contribution >= 0.6 is 34.0 Å². The van der Waals surface area contributed by atoms with Crippen molar-refractivity contribution in [2.24, 2.45) is 34.3 Å². The summed E-state index contributed by atoms with van der Waals surface area (Å²) in [5.74, 6) is -4.17. The van der Waals surface area contributed by atoms with Crippen molar-refractivity contribution in [2.45, 2.75) is 226 Å². The van der Waals surface area contributed by atoms with Crippen molar-refractivity contribution in [3.05, 3.63) is 298 Å². The normalized spacial score (nSPS) is 13.4. The molecule has 12 amide bonds. The summed E-state index contributed by atoms with van der Waals surface area (Å²) in [7, 11) is 0. The molecule has 16 rings (SSSR count). The molecule has 0 unspecified atom stereocenters. The molecule has 0 aliphatic carbocycles. The first kappa shape index (κ1) is 112. The maximum Gasteiger partial charge on any atom is 0.244 e. The molecule has 9 aromatic carbocycles. The van der Waals surface area contributed by atoms with Crippen molar-refractivity contribution in [1.82, 2.24) is 83.7 Å². The summed E-state index contributed by atoms with van der Waals surface area (Å²) in [6.07, 6.45) is 8.25. The maximum atomic E-state index is 13.8. The molecule has 0 aliphatic rings. The minimum absolute atomic E-state index is 0.178. The molecule has 0 fully saturated rings. The fourth-order valence-corrected chi connectivity index (χ4v) is 19.9. The molecule has 32 nitrogen and oxygen atoms in total. The highest BCUT2D eigenvalue weighted by Gasteiger charge is 2.37. The Labute approximate surface area is 883 Å². The molecule has 0 saturated carbocycles. The van der Waals surface area contributed by atoms with Gasteiger partial charge in [-0.25, -0.2) is 0 Å². The van der Waals surface area contributed by atoms with Crippen LogP contribution in [-0.4, -0.2) is 162 Å². The molecule has 7 heterocycles. The SMILES string of the molecule is CC(C)(C)C(=O)N[C@@H](Cc1c[nH]c2ccccc12)NC(=O)[C@@H](Cc1csc2ccccc12)NC(=O)C(C)(C)N.CC(C)(N)C(=O)N[C@H](Cc1cccc2ccccc12)C(=O)N[C@H](Cc1c[nH]c2ccccc12)NC=O.CC(C)C(=O)N[C@@H](Cc1c[nH]c2ccccc12)NC(=O)[C@@H](Cc1csc2ccccc12)NC(=O)C(C)(C)N.CCC(=O)N[C@@H](Cc1c[nH]c2ccccc12)NC(=O)[C@@H](Cc1csc2ccccc12)NC(=O)C(C)(C)N. The number of fused-ring (bicyclic) bond motifs is 8. The highest BCUT2D eigenvalue weighted by molar-refractivity contribution is 7.18. The Hall–Kier alpha value is -15.2. The van der Waals surface area contributed by atoms with Crippen LogP contribution in [0.5, 0.6) is 0 Å². The van der Waals surface area contributed by atoms with E-state index in [9.17, 15) is 57.5 Å². The van der Waals surface area contributed by atoms with Crippen LogP contribution in [0, 0.1) is 11.3 Å². The van der Waals surface area contributed by atoms with E-state index in [2.05, 4.69) is 83.7 Å². The number of hydrogen-bond acceptors (Lipinski definition) is 19. The first-order chi connectivity index (χ1) is 71.3. The van der Waals surface area contributed by atoms with E-state index in [1.54, 1.807) is 110 Å². The Kier molecular flexibility index (Phi) is 37.1. The topological polar surface area (TPSA) is 516 Å². The average molecular weight is 2090 g/mol. The largest absolute Gasteiger partial charge is 0.361 e. The second kappa shape index (κ2) is 49.7. The van der Waals surface area contributed by atoms with E-state index in [1.807, 2.05) is 274 Å². The number of nitrogens with two attached hydrogens (primary N) is 4. The second-order valence-electron chi connectivity index (χ2n) is 41.3. The molecule has 786 valence electrons. The summed E-state index contributed by atoms with van der Waals surface area (Å²) in [6.45, 7) is 23.6. The van der Waals surface area contributed by atoms with Gasteiger partial charge in [0, 0.05) is 152 Å². The van der Waals surface area contributed by atoms with Gasteiger partial charge in [0.25, 0.3) is 0 Å². The van der Waals surface area contributed by atoms with E-state index < -0.39 is 124 Å². The van der Waals surface area contributed by atoms with Crippen LogP contribution in [0.1, 0.15) is 148 Å². The number of aromatic amines is 4. The molecular weight excluding hydrogens is 1950 g/mol. The third-order valence-electron chi connectivity index (χ3n) is 25.5. The highest BCUT2D eigenvalue weighted by Crippen LogP contribution is 2.33. The van der Waals surface area contributed by atoms with Crippen LogP contribution in [0.25, 0.3) is 84.6 Å². The van der Waals surface area contributed by atoms with Gasteiger partial charge in [-0.05, 0) is 185 Å². The van der Waals surface area contributed by atoms with Crippen LogP contribution in [0.3, 0.4) is 0 Å². The zero-order valence-electron chi connectivity index (χ0n) is 86.8. The van der Waals surface area contributed by atoms with E-state index in [4.69, 9.17) is 22.9 Å². The number of amides is 12. The lowest BCUT2D eigenvalue weighted by atomic mass is 9.95. The maximum absolute atomic E-state index is 13.8. The van der Waals surface area contributed by atoms with Gasteiger partial charge in [0.05, 0.1) is 22.2 Å². The van der Waals surface area contributed by atoms with Crippen molar-refractivity contribution in [2.75, 3.05) is 0 Å². The number of nitrogens with one attached hydrogen (secondary N) is 16. The van der Waals surface area contributed by atoms with E-state index >= 15 is 0 Å². The monoisotopic (exact) mass is 2080 g/mol. The minimum atomic E-state index is -1.17. The molecule has 0 aliphatic heterocycles. The fraction of sp³-hybridized carbons (Fsp3) is 0.322. The van der Waals surface area contributed by atoms with Gasteiger partial charge in [0.15, 0.2) is 0 Å². The lowest BCUT2D eigenvalue weighted by Crippen LogP contribution is -2.60. The summed E-state index contributed by atoms with van der Waals surface area (Å²) >= 11 is 4.77. The predicted octanol–water partition coefficient (Wildman–Crippen LogP) is 13.5. The molecule has 24 N–H and O–H groups in total. The Morgan fingerprint density at radius 2 is 0.553 bits per heavy atom. The van der Waals surface area contributed by atoms with E-state index in [-0.39, 0.29) is 49.3 Å². The number of carbonyl (C=O) groups excluding carboxylic acids is 12. The van der Waals surface area contributed by atoms with Gasteiger partial charge < -0.3 is 107 Å². The second-order valence-corrected chi connectivity index (χ2v) is 44.0. The third-order valence-corrected chi connectivity index (χ3v) is 28.5. The number of rotatable bonds is 39. The predicted molar refractivity (Wildman–Crippen MR) is 599 cm³/mol. The minimum Gasteiger partial charge on any atom is -0.361 e. The standard InChI is InChI=1S/C30H37N5O3S.C29H35N5O3S.C28H33N5O3S.C28H31N5O3/c1-29(2,3)27(37)35-25(15-18-16-32-22-12-8-6-10-20(18)22)34-26(36)23(33-28(38)30(4,5)31)14-19-17-39-24-13-9-7-11-21(19)24;1-17(2)26(35)33-25(14-18-15-31-22-11-7-5-9-20(18)22)34-27(36)23(32-28(37)29(3,4)30)13-19-16-38-24-12-8-6-10-21(19)24;1-4-25(34)32-24(14-17-15-30-21-11-7-5-9-19(17)21)33-26(35)22(31-27(36)28(2,3)29)13-18-16-37-23-12-8-6-10-20(18)23;1-28(2,29)27(36)32-24(14-19-10-7-9-18-8-3-4-11-21(18)19)26(35)33-25(31-17-34)15-20-16-30-23-13-6-5-12-22(20)23/h6-13,16-17,23,25,32H,14-15,31H2,1-5H3,(H,33,38)(H,34,36)(H,35,37);5-12,15-17,23,25,31H,13-14,30H2,1-4H3,(H,32,37)(H,33,35)(H,34,36);5-12,15-16,22,24,30H,4,13-14,29H2,1-3H3,(H,31,36)(H,32,34)(H,33,35);3-13,16-17,24-25,30H,14-15,29H2,1-2H3,(H,31,34)(H,32,36)(H,33,35)/t23-,25+;23-,25-;22-,24-;24-,25-/m1111/s1. The quantitative estimate of drug-likeness (QED) is 0.0126. The summed E-state index contributed by atoms with van der Waals surface area (Å²) in [6, 6.07) is 65.5. The van der Waals surface area contributed by atoms with Gasteiger partial charge in [-0.2, -0.15) is 0 Å². The number of thiophene rings is 3. The highest BCUT2D eigenvalue weighted by atomic mass is 32.1. The molecule has 0 spiro atoms. The molecule has 35 heteroatoms. The van der Waals surface area contributed by atoms with Crippen molar-refractivity contribution in [3.63, 3.8) is 0 Å². The Balaban J connectivity index is 0.000000167. The number of para-hydroxylation sites is 4. The van der Waals surface area contributed by atoms with Gasteiger partial charge in [0.2, 0.25) is 71.4 Å². The van der Waals surface area contributed by atoms with E-state index in [0.717, 1.165) is 129 Å². The van der Waals surface area contributed by atoms with Crippen LogP contribution in [0.4, 0.5) is 0 Å².